The van der Waals surface area contributed by atoms with Gasteiger partial charge in [0.1, 0.15) is 11.9 Å². The first kappa shape index (κ1) is 21.3. The molecule has 0 amide bonds. The molecule has 1 aliphatic rings. The molecule has 1 aliphatic heterocycles. The predicted octanol–water partition coefficient (Wildman–Crippen LogP) is 5.86. The van der Waals surface area contributed by atoms with Crippen LogP contribution in [0.3, 0.4) is 0 Å². The maximum absolute atomic E-state index is 15.4. The number of likely N-dealkylation sites (tertiary alicyclic amines) is 1. The zero-order chi connectivity index (χ0) is 21.2. The zero-order valence-electron chi connectivity index (χ0n) is 17.9. The second-order valence-electron chi connectivity index (χ2n) is 9.31. The summed E-state index contributed by atoms with van der Waals surface area (Å²) in [5, 5.41) is 20.0. The van der Waals surface area contributed by atoms with Gasteiger partial charge in [0.15, 0.2) is 0 Å². The summed E-state index contributed by atoms with van der Waals surface area (Å²) in [5.41, 5.74) is 2.78. The molecule has 3 nitrogen and oxygen atoms in total. The highest BCUT2D eigenvalue weighted by atomic mass is 19.1. The number of hydrogen-bond acceptors (Lipinski definition) is 3. The van der Waals surface area contributed by atoms with E-state index >= 15 is 4.39 Å². The first-order valence-electron chi connectivity index (χ1n) is 10.3. The highest BCUT2D eigenvalue weighted by molar-refractivity contribution is 5.72. The summed E-state index contributed by atoms with van der Waals surface area (Å²) in [6, 6.07) is 16.0. The van der Waals surface area contributed by atoms with Crippen molar-refractivity contribution in [3.63, 3.8) is 0 Å². The molecule has 1 heterocycles. The van der Waals surface area contributed by atoms with Gasteiger partial charge in [-0.05, 0) is 42.0 Å². The van der Waals surface area contributed by atoms with Gasteiger partial charge in [-0.2, -0.15) is 5.26 Å². The lowest BCUT2D eigenvalue weighted by Crippen LogP contribution is -2.54. The second kappa shape index (κ2) is 8.16. The quantitative estimate of drug-likeness (QED) is 0.707. The van der Waals surface area contributed by atoms with Gasteiger partial charge in [-0.15, -0.1) is 0 Å². The van der Waals surface area contributed by atoms with E-state index < -0.39 is 11.6 Å². The van der Waals surface area contributed by atoms with Crippen LogP contribution in [0.5, 0.6) is 5.75 Å². The molecule has 1 saturated heterocycles. The van der Waals surface area contributed by atoms with Gasteiger partial charge in [0, 0.05) is 30.5 Å². The number of nitrogens with zero attached hydrogens (tertiary/aromatic N) is 2. The minimum Gasteiger partial charge on any atom is -0.507 e. The summed E-state index contributed by atoms with van der Waals surface area (Å²) in [6.07, 6.45) is -0.136. The van der Waals surface area contributed by atoms with Crippen molar-refractivity contribution in [2.75, 3.05) is 13.1 Å². The van der Waals surface area contributed by atoms with E-state index in [9.17, 15) is 10.4 Å². The van der Waals surface area contributed by atoms with Crippen molar-refractivity contribution >= 4 is 0 Å². The summed E-state index contributed by atoms with van der Waals surface area (Å²) < 4.78 is 15.4. The molecule has 1 fully saturated rings. The Bertz CT molecular complexity index is 898. The molecule has 2 aromatic carbocycles. The van der Waals surface area contributed by atoms with E-state index in [1.807, 2.05) is 70.2 Å². The molecule has 1 unspecified atom stereocenters. The molecule has 1 N–H and O–H groups in total. The van der Waals surface area contributed by atoms with Crippen molar-refractivity contribution < 1.29 is 9.50 Å². The Kier molecular flexibility index (Phi) is 6.00. The molecule has 3 rings (SSSR count). The third kappa shape index (κ3) is 4.02. The number of nitriles is 1. The van der Waals surface area contributed by atoms with E-state index in [4.69, 9.17) is 0 Å². The molecular weight excluding hydrogens is 363 g/mol. The van der Waals surface area contributed by atoms with Crippen LogP contribution in [0.1, 0.15) is 44.7 Å². The normalized spacial score (nSPS) is 23.0. The van der Waals surface area contributed by atoms with Crippen LogP contribution in [0.4, 0.5) is 4.39 Å². The highest BCUT2D eigenvalue weighted by Crippen LogP contribution is 2.50. The van der Waals surface area contributed by atoms with Crippen molar-refractivity contribution in [1.29, 1.82) is 5.26 Å². The van der Waals surface area contributed by atoms with Gasteiger partial charge in [-0.1, -0.05) is 63.2 Å². The summed E-state index contributed by atoms with van der Waals surface area (Å²) in [6.45, 7) is 9.70. The van der Waals surface area contributed by atoms with Gasteiger partial charge in [0.2, 0.25) is 0 Å². The van der Waals surface area contributed by atoms with Crippen molar-refractivity contribution in [3.8, 4) is 22.9 Å². The zero-order valence-corrected chi connectivity index (χ0v) is 17.9. The molecule has 2 atom stereocenters. The van der Waals surface area contributed by atoms with E-state index in [-0.39, 0.29) is 17.6 Å². The lowest BCUT2D eigenvalue weighted by atomic mass is 9.59. The van der Waals surface area contributed by atoms with E-state index in [2.05, 4.69) is 11.0 Å². The average Bonchev–Trinajstić information content (AvgIpc) is 2.67. The largest absolute Gasteiger partial charge is 0.507 e. The molecule has 4 heteroatoms. The van der Waals surface area contributed by atoms with Crippen LogP contribution < -0.4 is 0 Å². The highest BCUT2D eigenvalue weighted by Gasteiger charge is 2.51. The third-order valence-electron chi connectivity index (χ3n) is 6.80. The number of aromatic hydroxyl groups is 1. The number of benzene rings is 2. The SMILES string of the molecule is Cc1c(CN2CC[C@](CC#N)(C(C)(C)C)C(F)C2)ccc(-c2ccccc2)c1O. The van der Waals surface area contributed by atoms with Crippen LogP contribution in [-0.4, -0.2) is 29.3 Å². The molecule has 0 aliphatic carbocycles. The average molecular weight is 395 g/mol. The van der Waals surface area contributed by atoms with Gasteiger partial charge in [-0.25, -0.2) is 4.39 Å². The summed E-state index contributed by atoms with van der Waals surface area (Å²) in [4.78, 5) is 2.11. The lowest BCUT2D eigenvalue weighted by Gasteiger charge is -2.51. The van der Waals surface area contributed by atoms with Crippen LogP contribution >= 0.6 is 0 Å². The lowest BCUT2D eigenvalue weighted by molar-refractivity contribution is -0.0661. The minimum absolute atomic E-state index is 0.247. The van der Waals surface area contributed by atoms with Gasteiger partial charge in [0.05, 0.1) is 6.07 Å². The Morgan fingerprint density at radius 2 is 1.90 bits per heavy atom. The van der Waals surface area contributed by atoms with Crippen molar-refractivity contribution in [2.45, 2.75) is 53.3 Å². The number of alkyl halides is 1. The van der Waals surface area contributed by atoms with Gasteiger partial charge in [0.25, 0.3) is 0 Å². The maximum atomic E-state index is 15.4. The second-order valence-corrected chi connectivity index (χ2v) is 9.31. The molecule has 2 aromatic rings. The van der Waals surface area contributed by atoms with Crippen molar-refractivity contribution in [1.82, 2.24) is 4.90 Å². The third-order valence-corrected chi connectivity index (χ3v) is 6.80. The number of hydrogen-bond donors (Lipinski definition) is 1. The number of piperidine rings is 1. The van der Waals surface area contributed by atoms with E-state index in [0.717, 1.165) is 28.8 Å². The van der Waals surface area contributed by atoms with E-state index in [0.29, 0.717) is 19.5 Å². The summed E-state index contributed by atoms with van der Waals surface area (Å²) in [7, 11) is 0. The van der Waals surface area contributed by atoms with Gasteiger partial charge in [-0.3, -0.25) is 4.90 Å². The van der Waals surface area contributed by atoms with Crippen LogP contribution in [0, 0.1) is 29.1 Å². The van der Waals surface area contributed by atoms with Crippen molar-refractivity contribution in [2.24, 2.45) is 10.8 Å². The number of phenols is 1. The molecule has 29 heavy (non-hydrogen) atoms. The molecule has 0 aromatic heterocycles. The predicted molar refractivity (Wildman–Crippen MR) is 115 cm³/mol. The summed E-state index contributed by atoms with van der Waals surface area (Å²) >= 11 is 0. The molecule has 0 radical (unpaired) electrons. The summed E-state index contributed by atoms with van der Waals surface area (Å²) in [5.74, 6) is 0.288. The van der Waals surface area contributed by atoms with Gasteiger partial charge < -0.3 is 5.11 Å². The fourth-order valence-corrected chi connectivity index (χ4v) is 4.61. The fraction of sp³-hybridized carbons (Fsp3) is 0.480. The van der Waals surface area contributed by atoms with Gasteiger partial charge >= 0.3 is 0 Å². The monoisotopic (exact) mass is 394 g/mol. The first-order chi connectivity index (χ1) is 13.7. The van der Waals surface area contributed by atoms with Crippen molar-refractivity contribution in [3.05, 3.63) is 53.6 Å². The van der Waals surface area contributed by atoms with Crippen LogP contribution in [0.15, 0.2) is 42.5 Å². The Hall–Kier alpha value is -2.38. The first-order valence-corrected chi connectivity index (χ1v) is 10.3. The number of rotatable bonds is 4. The smallest absolute Gasteiger partial charge is 0.126 e. The fourth-order valence-electron chi connectivity index (χ4n) is 4.61. The minimum atomic E-state index is -1.05. The molecular formula is C25H31FN2O. The van der Waals surface area contributed by atoms with E-state index in [1.54, 1.807) is 0 Å². The molecule has 0 saturated carbocycles. The standard InChI is InChI=1S/C25H31FN2O/c1-18-20(10-11-21(23(18)29)19-8-6-5-7-9-19)16-28-15-13-25(12-14-27,22(26)17-28)24(2,3)4/h5-11,22,29H,12-13,15-17H2,1-4H3/t22?,25-/m0/s1. The van der Waals surface area contributed by atoms with E-state index in [1.165, 1.54) is 0 Å². The number of halogens is 1. The Labute approximate surface area is 173 Å². The van der Waals surface area contributed by atoms with Crippen LogP contribution in [0.2, 0.25) is 0 Å². The molecule has 0 spiro atoms. The Morgan fingerprint density at radius 1 is 1.21 bits per heavy atom. The Balaban J connectivity index is 1.79. The molecule has 154 valence electrons. The maximum Gasteiger partial charge on any atom is 0.126 e. The topological polar surface area (TPSA) is 47.3 Å². The van der Waals surface area contributed by atoms with Crippen LogP contribution in [0.25, 0.3) is 11.1 Å². The molecule has 0 bridgehead atoms. The number of phenolic OH excluding ortho intramolecular Hbond substituents is 1. The van der Waals surface area contributed by atoms with Crippen LogP contribution in [-0.2, 0) is 6.54 Å². The Morgan fingerprint density at radius 3 is 2.48 bits per heavy atom.